The number of rotatable bonds is 5. The highest BCUT2D eigenvalue weighted by molar-refractivity contribution is 5.94. The van der Waals surface area contributed by atoms with Crippen molar-refractivity contribution in [3.63, 3.8) is 0 Å². The van der Waals surface area contributed by atoms with Crippen LogP contribution in [0.15, 0.2) is 30.9 Å². The van der Waals surface area contributed by atoms with E-state index >= 15 is 0 Å². The molecule has 0 spiro atoms. The summed E-state index contributed by atoms with van der Waals surface area (Å²) in [5.41, 5.74) is 1.84. The number of pyridine rings is 1. The van der Waals surface area contributed by atoms with Gasteiger partial charge in [0.2, 0.25) is 0 Å². The summed E-state index contributed by atoms with van der Waals surface area (Å²) in [6.45, 7) is 6.86. The number of imidazole rings is 1. The lowest BCUT2D eigenvalue weighted by Gasteiger charge is -2.31. The van der Waals surface area contributed by atoms with Gasteiger partial charge >= 0.3 is 0 Å². The van der Waals surface area contributed by atoms with Crippen molar-refractivity contribution in [1.29, 1.82) is 0 Å². The Kier molecular flexibility index (Phi) is 5.62. The van der Waals surface area contributed by atoms with E-state index in [1.165, 1.54) is 18.5 Å². The molecule has 4 heterocycles. The van der Waals surface area contributed by atoms with Crippen molar-refractivity contribution in [2.24, 2.45) is 18.9 Å². The topological polar surface area (TPSA) is 75.1 Å². The first kappa shape index (κ1) is 18.9. The van der Waals surface area contributed by atoms with Crippen LogP contribution in [0.1, 0.15) is 41.7 Å². The van der Waals surface area contributed by atoms with Gasteiger partial charge in [-0.3, -0.25) is 4.79 Å². The largest absolute Gasteiger partial charge is 0.357 e. The van der Waals surface area contributed by atoms with Crippen molar-refractivity contribution >= 4 is 11.7 Å². The summed E-state index contributed by atoms with van der Waals surface area (Å²) in [5.74, 6) is 2.44. The lowest BCUT2D eigenvalue weighted by molar-refractivity contribution is 0.0946. The Morgan fingerprint density at radius 1 is 1.25 bits per heavy atom. The van der Waals surface area contributed by atoms with E-state index < -0.39 is 0 Å². The second-order valence-electron chi connectivity index (χ2n) is 8.24. The Labute approximate surface area is 166 Å². The summed E-state index contributed by atoms with van der Waals surface area (Å²) < 4.78 is 2.07. The molecule has 2 atom stereocenters. The van der Waals surface area contributed by atoms with Gasteiger partial charge in [0.05, 0.1) is 11.9 Å². The van der Waals surface area contributed by atoms with Crippen molar-refractivity contribution in [2.75, 3.05) is 37.6 Å². The summed E-state index contributed by atoms with van der Waals surface area (Å²) >= 11 is 0. The number of carbonyl (C=O) groups is 1. The zero-order chi connectivity index (χ0) is 19.5. The van der Waals surface area contributed by atoms with Crippen LogP contribution in [0.3, 0.4) is 0 Å². The number of aryl methyl sites for hydroxylation is 1. The maximum absolute atomic E-state index is 12.6. The van der Waals surface area contributed by atoms with E-state index in [0.717, 1.165) is 37.9 Å². The zero-order valence-electron chi connectivity index (χ0n) is 16.8. The monoisotopic (exact) mass is 382 g/mol. The van der Waals surface area contributed by atoms with Crippen LogP contribution in [-0.2, 0) is 7.05 Å². The summed E-state index contributed by atoms with van der Waals surface area (Å²) in [6, 6.07) is 3.86. The number of carbonyl (C=O) groups excluding carboxylic acids is 1. The fraction of sp³-hybridized carbons (Fsp3) is 0.571. The fourth-order valence-electron chi connectivity index (χ4n) is 4.29. The quantitative estimate of drug-likeness (QED) is 0.825. The van der Waals surface area contributed by atoms with Crippen LogP contribution < -0.4 is 15.5 Å². The minimum Gasteiger partial charge on any atom is -0.357 e. The van der Waals surface area contributed by atoms with Crippen molar-refractivity contribution in [2.45, 2.75) is 25.7 Å². The van der Waals surface area contributed by atoms with Gasteiger partial charge in [-0.05, 0) is 36.8 Å². The molecule has 1 amide bonds. The number of aromatic nitrogens is 3. The third-order valence-electron chi connectivity index (χ3n) is 6.22. The molecule has 2 aromatic rings. The van der Waals surface area contributed by atoms with Gasteiger partial charge in [0, 0.05) is 63.8 Å². The molecule has 0 bridgehead atoms. The Hall–Kier alpha value is -2.41. The average Bonchev–Trinajstić information content (AvgIpc) is 3.35. The van der Waals surface area contributed by atoms with Gasteiger partial charge in [0.15, 0.2) is 0 Å². The number of nitrogens with zero attached hydrogens (tertiary/aromatic N) is 4. The normalized spacial score (nSPS) is 23.1. The standard InChI is InChI=1S/C21H30N6O/c1-15-5-7-27(8-6-15)20-4-3-16(10-24-20)21(28)25-11-17-9-22-12-18(17)19-13-23-14-26(19)2/h3-4,10,13-15,17-18,22H,5-9,11-12H2,1-2H3,(H,25,28)/t17-,18+/m0/s1. The molecule has 2 fully saturated rings. The summed E-state index contributed by atoms with van der Waals surface area (Å²) in [6.07, 6.45) is 7.87. The highest BCUT2D eigenvalue weighted by Gasteiger charge is 2.30. The number of nitrogens with one attached hydrogen (secondary N) is 2. The van der Waals surface area contributed by atoms with Crippen LogP contribution in [0.4, 0.5) is 5.82 Å². The minimum atomic E-state index is -0.0537. The molecule has 7 nitrogen and oxygen atoms in total. The maximum atomic E-state index is 12.6. The van der Waals surface area contributed by atoms with Crippen LogP contribution in [0.2, 0.25) is 0 Å². The van der Waals surface area contributed by atoms with E-state index in [4.69, 9.17) is 0 Å². The molecule has 2 aliphatic heterocycles. The van der Waals surface area contributed by atoms with Gasteiger partial charge < -0.3 is 20.1 Å². The van der Waals surface area contributed by atoms with Gasteiger partial charge in [-0.1, -0.05) is 6.92 Å². The van der Waals surface area contributed by atoms with Crippen LogP contribution in [0, 0.1) is 11.8 Å². The number of amides is 1. The predicted octanol–water partition coefficient (Wildman–Crippen LogP) is 1.78. The van der Waals surface area contributed by atoms with E-state index in [-0.39, 0.29) is 5.91 Å². The van der Waals surface area contributed by atoms with Crippen LogP contribution in [0.5, 0.6) is 0 Å². The predicted molar refractivity (Wildman–Crippen MR) is 109 cm³/mol. The molecule has 28 heavy (non-hydrogen) atoms. The second-order valence-corrected chi connectivity index (χ2v) is 8.24. The molecule has 0 aliphatic carbocycles. The molecular weight excluding hydrogens is 352 g/mol. The average molecular weight is 383 g/mol. The lowest BCUT2D eigenvalue weighted by atomic mass is 9.93. The van der Waals surface area contributed by atoms with Gasteiger partial charge in [-0.15, -0.1) is 0 Å². The molecule has 150 valence electrons. The molecule has 0 saturated carbocycles. The second kappa shape index (κ2) is 8.31. The molecule has 2 aromatic heterocycles. The van der Waals surface area contributed by atoms with Crippen molar-refractivity contribution < 1.29 is 4.79 Å². The molecule has 2 N–H and O–H groups in total. The van der Waals surface area contributed by atoms with E-state index in [1.807, 2.05) is 31.7 Å². The van der Waals surface area contributed by atoms with E-state index in [1.54, 1.807) is 6.20 Å². The first-order valence-electron chi connectivity index (χ1n) is 10.3. The minimum absolute atomic E-state index is 0.0537. The van der Waals surface area contributed by atoms with Gasteiger partial charge in [0.1, 0.15) is 5.82 Å². The zero-order valence-corrected chi connectivity index (χ0v) is 16.8. The van der Waals surface area contributed by atoms with Crippen molar-refractivity contribution in [3.05, 3.63) is 42.1 Å². The first-order valence-corrected chi connectivity index (χ1v) is 10.3. The fourth-order valence-corrected chi connectivity index (χ4v) is 4.29. The molecular formula is C21H30N6O. The Bertz CT molecular complexity index is 793. The molecule has 7 heteroatoms. The van der Waals surface area contributed by atoms with Gasteiger partial charge in [-0.25, -0.2) is 9.97 Å². The van der Waals surface area contributed by atoms with Crippen molar-refractivity contribution in [1.82, 2.24) is 25.2 Å². The summed E-state index contributed by atoms with van der Waals surface area (Å²) in [7, 11) is 2.02. The number of hydrogen-bond donors (Lipinski definition) is 2. The van der Waals surface area contributed by atoms with Crippen LogP contribution in [0.25, 0.3) is 0 Å². The highest BCUT2D eigenvalue weighted by atomic mass is 16.1. The highest BCUT2D eigenvalue weighted by Crippen LogP contribution is 2.27. The molecule has 0 unspecified atom stereocenters. The summed E-state index contributed by atoms with van der Waals surface area (Å²) in [4.78, 5) is 23.7. The number of anilines is 1. The van der Waals surface area contributed by atoms with E-state index in [9.17, 15) is 4.79 Å². The van der Waals surface area contributed by atoms with E-state index in [0.29, 0.717) is 23.9 Å². The molecule has 0 aromatic carbocycles. The molecule has 2 aliphatic rings. The number of piperidine rings is 1. The smallest absolute Gasteiger partial charge is 0.252 e. The van der Waals surface area contributed by atoms with Gasteiger partial charge in [0.25, 0.3) is 5.91 Å². The Morgan fingerprint density at radius 2 is 2.07 bits per heavy atom. The van der Waals surface area contributed by atoms with Gasteiger partial charge in [-0.2, -0.15) is 0 Å². The molecule has 4 rings (SSSR count). The Balaban J connectivity index is 1.33. The third-order valence-corrected chi connectivity index (χ3v) is 6.22. The molecule has 2 saturated heterocycles. The molecule has 0 radical (unpaired) electrons. The maximum Gasteiger partial charge on any atom is 0.252 e. The van der Waals surface area contributed by atoms with Crippen LogP contribution in [-0.4, -0.2) is 53.2 Å². The lowest BCUT2D eigenvalue weighted by Crippen LogP contribution is -2.34. The first-order chi connectivity index (χ1) is 13.6. The number of hydrogen-bond acceptors (Lipinski definition) is 5. The Morgan fingerprint density at radius 3 is 2.75 bits per heavy atom. The van der Waals surface area contributed by atoms with E-state index in [2.05, 4.69) is 37.0 Å². The summed E-state index contributed by atoms with van der Waals surface area (Å²) in [5, 5.41) is 6.53. The third kappa shape index (κ3) is 4.04. The van der Waals surface area contributed by atoms with Crippen LogP contribution >= 0.6 is 0 Å². The SMILES string of the molecule is CC1CCN(c2ccc(C(=O)NC[C@@H]3CNC[C@H]3c3cncn3C)cn2)CC1. The van der Waals surface area contributed by atoms with Crippen molar-refractivity contribution in [3.8, 4) is 0 Å².